The van der Waals surface area contributed by atoms with E-state index in [-0.39, 0.29) is 6.10 Å². The molecule has 0 amide bonds. The summed E-state index contributed by atoms with van der Waals surface area (Å²) in [5.74, 6) is 0. The molecule has 0 spiro atoms. The van der Waals surface area contributed by atoms with E-state index in [1.54, 1.807) is 26.4 Å². The van der Waals surface area contributed by atoms with Gasteiger partial charge in [0.15, 0.2) is 0 Å². The number of aliphatic hydroxyl groups excluding tert-OH is 2. The van der Waals surface area contributed by atoms with E-state index in [1.807, 2.05) is 0 Å². The fourth-order valence-electron chi connectivity index (χ4n) is 0. The summed E-state index contributed by atoms with van der Waals surface area (Å²) in [7, 11) is -0.611. The first-order valence-electron chi connectivity index (χ1n) is 3.56. The van der Waals surface area contributed by atoms with Crippen molar-refractivity contribution in [3.8, 4) is 0 Å². The highest BCUT2D eigenvalue weighted by molar-refractivity contribution is 7.83. The Kier molecular flexibility index (Phi) is 20.4. The van der Waals surface area contributed by atoms with Crippen LogP contribution in [0.1, 0.15) is 20.8 Å². The molecule has 78 valence electrons. The van der Waals surface area contributed by atoms with Gasteiger partial charge < -0.3 is 15.9 Å². The zero-order valence-corrected chi connectivity index (χ0v) is 9.26. The normalized spacial score (nSPS) is 11.2. The monoisotopic (exact) mass is 199 g/mol. The lowest BCUT2D eigenvalue weighted by Gasteiger charge is -1.82. The molecule has 0 aromatic carbocycles. The fourth-order valence-corrected chi connectivity index (χ4v) is 0. The minimum atomic E-state index is -0.667. The summed E-state index contributed by atoms with van der Waals surface area (Å²) in [6.07, 6.45) is 2.44. The van der Waals surface area contributed by atoms with Gasteiger partial charge in [-0.3, -0.25) is 4.21 Å². The molecule has 0 rings (SSSR count). The van der Waals surface area contributed by atoms with Gasteiger partial charge in [-0.15, -0.1) is 0 Å². The first-order chi connectivity index (χ1) is 5.20. The molecular formula is C7H21NO3S. The van der Waals surface area contributed by atoms with Crippen molar-refractivity contribution in [3.05, 3.63) is 0 Å². The van der Waals surface area contributed by atoms with Crippen molar-refractivity contribution in [2.24, 2.45) is 5.73 Å². The smallest absolute Gasteiger partial charge is 0.0991 e. The van der Waals surface area contributed by atoms with Crippen LogP contribution in [0.15, 0.2) is 0 Å². The average molecular weight is 199 g/mol. The van der Waals surface area contributed by atoms with Crippen molar-refractivity contribution < 1.29 is 14.4 Å². The van der Waals surface area contributed by atoms with Gasteiger partial charge in [-0.1, -0.05) is 0 Å². The first kappa shape index (κ1) is 17.9. The summed E-state index contributed by atoms with van der Waals surface area (Å²) in [4.78, 5) is 0. The maximum Gasteiger partial charge on any atom is 0.0991 e. The third-order valence-corrected chi connectivity index (χ3v) is 0. The lowest BCUT2D eigenvalue weighted by atomic mass is 10.5. The van der Waals surface area contributed by atoms with Gasteiger partial charge in [0.05, 0.1) is 6.23 Å². The second-order valence-corrected chi connectivity index (χ2v) is 4.06. The highest BCUT2D eigenvalue weighted by Crippen LogP contribution is 1.65. The molecule has 0 saturated carbocycles. The van der Waals surface area contributed by atoms with Crippen molar-refractivity contribution in [2.75, 3.05) is 12.5 Å². The molecule has 0 aromatic heterocycles. The van der Waals surface area contributed by atoms with Gasteiger partial charge in [-0.25, -0.2) is 0 Å². The number of hydrogen-bond acceptors (Lipinski definition) is 4. The van der Waals surface area contributed by atoms with Crippen LogP contribution in [-0.2, 0) is 10.8 Å². The molecule has 4 nitrogen and oxygen atoms in total. The van der Waals surface area contributed by atoms with Gasteiger partial charge in [0.2, 0.25) is 0 Å². The lowest BCUT2D eigenvalue weighted by Crippen LogP contribution is -2.11. The summed E-state index contributed by atoms with van der Waals surface area (Å²) in [5.41, 5.74) is 4.67. The van der Waals surface area contributed by atoms with Crippen LogP contribution in [0.3, 0.4) is 0 Å². The number of aliphatic hydroxyl groups is 2. The number of nitrogens with two attached hydrogens (primary N) is 1. The molecule has 0 bridgehead atoms. The topological polar surface area (TPSA) is 83.6 Å². The Morgan fingerprint density at radius 2 is 1.17 bits per heavy atom. The second kappa shape index (κ2) is 13.6. The molecule has 0 heterocycles. The quantitative estimate of drug-likeness (QED) is 0.466. The summed E-state index contributed by atoms with van der Waals surface area (Å²) in [5, 5.41) is 15.9. The van der Waals surface area contributed by atoms with Gasteiger partial charge in [-0.2, -0.15) is 0 Å². The van der Waals surface area contributed by atoms with E-state index >= 15 is 0 Å². The van der Waals surface area contributed by atoms with Crippen molar-refractivity contribution in [2.45, 2.75) is 33.1 Å². The molecule has 1 unspecified atom stereocenters. The van der Waals surface area contributed by atoms with Crippen LogP contribution in [0, 0.1) is 0 Å². The first-order valence-corrected chi connectivity index (χ1v) is 5.53. The Bertz CT molecular complexity index is 81.1. The Labute approximate surface area is 77.2 Å². The van der Waals surface area contributed by atoms with Crippen LogP contribution in [-0.4, -0.2) is 39.3 Å². The van der Waals surface area contributed by atoms with Crippen LogP contribution < -0.4 is 5.73 Å². The number of rotatable bonds is 0. The van der Waals surface area contributed by atoms with E-state index in [0.717, 1.165) is 0 Å². The maximum atomic E-state index is 9.56. The van der Waals surface area contributed by atoms with Gasteiger partial charge in [0, 0.05) is 29.4 Å². The molecule has 0 aliphatic heterocycles. The van der Waals surface area contributed by atoms with E-state index in [0.29, 0.717) is 0 Å². The van der Waals surface area contributed by atoms with Crippen molar-refractivity contribution in [1.82, 2.24) is 0 Å². The van der Waals surface area contributed by atoms with Gasteiger partial charge in [0.25, 0.3) is 0 Å². The third-order valence-electron chi connectivity index (χ3n) is 0. The molecule has 4 N–H and O–H groups in total. The molecule has 5 heteroatoms. The van der Waals surface area contributed by atoms with E-state index < -0.39 is 17.0 Å². The summed E-state index contributed by atoms with van der Waals surface area (Å²) in [6, 6.07) is 0. The maximum absolute atomic E-state index is 9.56. The predicted octanol–water partition coefficient (Wildman–Crippen LogP) is -0.335. The minimum absolute atomic E-state index is 0.167. The second-order valence-electron chi connectivity index (χ2n) is 2.58. The summed E-state index contributed by atoms with van der Waals surface area (Å²) >= 11 is 0. The van der Waals surface area contributed by atoms with Crippen LogP contribution in [0.4, 0.5) is 0 Å². The summed E-state index contributed by atoms with van der Waals surface area (Å²) < 4.78 is 9.56. The number of hydrogen-bond donors (Lipinski definition) is 3. The molecule has 12 heavy (non-hydrogen) atoms. The highest BCUT2D eigenvalue weighted by Gasteiger charge is 1.69. The average Bonchev–Trinajstić information content (AvgIpc) is 1.54. The molecule has 0 aliphatic carbocycles. The Morgan fingerprint density at radius 1 is 1.17 bits per heavy atom. The zero-order chi connectivity index (χ0) is 10.7. The third kappa shape index (κ3) is 909000. The van der Waals surface area contributed by atoms with E-state index in [4.69, 9.17) is 10.2 Å². The van der Waals surface area contributed by atoms with Crippen molar-refractivity contribution >= 4 is 10.8 Å². The van der Waals surface area contributed by atoms with Gasteiger partial charge in [-0.05, 0) is 20.8 Å². The Balaban J connectivity index is -0.000000101. The molecule has 0 aliphatic rings. The minimum Gasteiger partial charge on any atom is -0.394 e. The SMILES string of the molecule is CC(C)O.CC(N)O.CS(C)=O. The zero-order valence-electron chi connectivity index (χ0n) is 8.44. The standard InChI is InChI=1S/C3H8O.C2H7NO.C2H6OS/c1-3(2)4;1-2(3)4;1-4(2)3/h3-4H,1-2H3;2,4H,3H2,1H3;1-2H3. The van der Waals surface area contributed by atoms with Crippen molar-refractivity contribution in [3.63, 3.8) is 0 Å². The molecular weight excluding hydrogens is 178 g/mol. The van der Waals surface area contributed by atoms with Crippen LogP contribution >= 0.6 is 0 Å². The highest BCUT2D eigenvalue weighted by atomic mass is 32.2. The van der Waals surface area contributed by atoms with Crippen LogP contribution in [0.5, 0.6) is 0 Å². The van der Waals surface area contributed by atoms with E-state index in [9.17, 15) is 4.21 Å². The predicted molar refractivity (Wildman–Crippen MR) is 53.2 cm³/mol. The lowest BCUT2D eigenvalue weighted by molar-refractivity contribution is 0.203. The summed E-state index contributed by atoms with van der Waals surface area (Å²) in [6.45, 7) is 4.94. The molecule has 0 fully saturated rings. The Hall–Kier alpha value is 0.0300. The fraction of sp³-hybridized carbons (Fsp3) is 1.00. The van der Waals surface area contributed by atoms with E-state index in [2.05, 4.69) is 5.73 Å². The van der Waals surface area contributed by atoms with Gasteiger partial charge >= 0.3 is 0 Å². The van der Waals surface area contributed by atoms with Crippen molar-refractivity contribution in [1.29, 1.82) is 0 Å². The van der Waals surface area contributed by atoms with Gasteiger partial charge in [0.1, 0.15) is 0 Å². The molecule has 1 atom stereocenters. The molecule has 0 aromatic rings. The van der Waals surface area contributed by atoms with Crippen LogP contribution in [0.25, 0.3) is 0 Å². The largest absolute Gasteiger partial charge is 0.394 e. The van der Waals surface area contributed by atoms with E-state index in [1.165, 1.54) is 6.92 Å². The molecule has 0 radical (unpaired) electrons. The Morgan fingerprint density at radius 3 is 1.17 bits per heavy atom. The van der Waals surface area contributed by atoms with Crippen LogP contribution in [0.2, 0.25) is 0 Å². The molecule has 0 saturated heterocycles.